The molecule has 0 aromatic heterocycles. The third-order valence-corrected chi connectivity index (χ3v) is 7.61. The zero-order valence-electron chi connectivity index (χ0n) is 18.6. The maximum Gasteiger partial charge on any atom is 0.417 e. The van der Waals surface area contributed by atoms with Gasteiger partial charge in [0.1, 0.15) is 17.5 Å². The molecule has 0 radical (unpaired) electrons. The maximum atomic E-state index is 13.5. The average molecular weight is 505 g/mol. The molecule has 13 heteroatoms. The minimum absolute atomic E-state index is 0.0839. The van der Waals surface area contributed by atoms with E-state index in [-0.39, 0.29) is 12.1 Å². The van der Waals surface area contributed by atoms with Crippen LogP contribution in [0.3, 0.4) is 0 Å². The highest BCUT2D eigenvalue weighted by Gasteiger charge is 2.51. The fraction of sp³-hybridized carbons (Fsp3) is 0.571. The number of rotatable bonds is 4. The molecule has 2 amide bonds. The van der Waals surface area contributed by atoms with Crippen molar-refractivity contribution in [2.45, 2.75) is 74.0 Å². The molecule has 2 fully saturated rings. The molecule has 1 aromatic rings. The molecule has 1 heterocycles. The van der Waals surface area contributed by atoms with Crippen molar-refractivity contribution in [3.05, 3.63) is 29.6 Å². The summed E-state index contributed by atoms with van der Waals surface area (Å²) in [5, 5.41) is 7.76. The van der Waals surface area contributed by atoms with E-state index in [1.807, 2.05) is 0 Å². The number of hydrogen-bond acceptors (Lipinski definition) is 6. The summed E-state index contributed by atoms with van der Waals surface area (Å²) < 4.78 is 85.6. The van der Waals surface area contributed by atoms with E-state index < -0.39 is 74.1 Å². The Kier molecular flexibility index (Phi) is 6.60. The SMILES string of the molecule is CC(C)(C)OC(=O)N1C[C@H](S(=O)(=O)c2ccc(F)cc2C(F)(F)F)C[C@H]1C(=O)N(C#N)C1CC1. The summed E-state index contributed by atoms with van der Waals surface area (Å²) in [6, 6.07) is -0.602. The lowest BCUT2D eigenvalue weighted by atomic mass is 10.2. The Morgan fingerprint density at radius 1 is 1.21 bits per heavy atom. The standard InChI is InChI=1S/C21H23F4N3O5S/c1-20(2,3)33-19(30)27-10-14(9-16(27)18(29)28(11-26)13-5-6-13)34(31,32)17-7-4-12(22)8-15(17)21(23,24)25/h4,7-8,13-14,16H,5-6,9-10H2,1-3H3/t14-,16+/m1/s1. The highest BCUT2D eigenvalue weighted by atomic mass is 32.2. The van der Waals surface area contributed by atoms with Gasteiger partial charge in [-0.15, -0.1) is 0 Å². The number of nitrogens with zero attached hydrogens (tertiary/aromatic N) is 3. The third kappa shape index (κ3) is 5.27. The summed E-state index contributed by atoms with van der Waals surface area (Å²) >= 11 is 0. The Bertz CT molecular complexity index is 1140. The number of benzene rings is 1. The molecule has 3 rings (SSSR count). The zero-order chi connectivity index (χ0) is 25.6. The van der Waals surface area contributed by atoms with Gasteiger partial charge >= 0.3 is 12.3 Å². The molecule has 1 saturated heterocycles. The second-order valence-electron chi connectivity index (χ2n) is 9.23. The largest absolute Gasteiger partial charge is 0.444 e. The predicted molar refractivity (Wildman–Crippen MR) is 109 cm³/mol. The number of carbonyl (C=O) groups excluding carboxylic acids is 2. The summed E-state index contributed by atoms with van der Waals surface area (Å²) in [5.74, 6) is -2.10. The summed E-state index contributed by atoms with van der Waals surface area (Å²) in [6.45, 7) is 4.01. The monoisotopic (exact) mass is 505 g/mol. The maximum absolute atomic E-state index is 13.5. The molecule has 34 heavy (non-hydrogen) atoms. The number of hydrogen-bond donors (Lipinski definition) is 0. The second-order valence-corrected chi connectivity index (χ2v) is 11.4. The van der Waals surface area contributed by atoms with Crippen molar-refractivity contribution in [2.75, 3.05) is 6.54 Å². The molecular formula is C21H23F4N3O5S. The minimum atomic E-state index is -5.16. The first-order valence-corrected chi connectivity index (χ1v) is 11.9. The second kappa shape index (κ2) is 8.72. The molecule has 2 aliphatic rings. The van der Waals surface area contributed by atoms with Crippen LogP contribution in [0.15, 0.2) is 23.1 Å². The van der Waals surface area contributed by atoms with E-state index in [1.54, 1.807) is 27.0 Å². The lowest BCUT2D eigenvalue weighted by Crippen LogP contribution is -2.48. The van der Waals surface area contributed by atoms with Gasteiger partial charge in [-0.2, -0.15) is 18.4 Å². The van der Waals surface area contributed by atoms with E-state index >= 15 is 0 Å². The van der Waals surface area contributed by atoms with Gasteiger partial charge in [-0.25, -0.2) is 22.5 Å². The van der Waals surface area contributed by atoms with Crippen LogP contribution in [0.5, 0.6) is 0 Å². The van der Waals surface area contributed by atoms with Gasteiger partial charge in [0.05, 0.1) is 15.7 Å². The van der Waals surface area contributed by atoms with Gasteiger partial charge in [-0.05, 0) is 58.2 Å². The molecule has 0 unspecified atom stereocenters. The number of ether oxygens (including phenoxy) is 1. The van der Waals surface area contributed by atoms with Crippen molar-refractivity contribution in [1.29, 1.82) is 5.26 Å². The minimum Gasteiger partial charge on any atom is -0.444 e. The van der Waals surface area contributed by atoms with E-state index in [1.165, 1.54) is 0 Å². The van der Waals surface area contributed by atoms with Crippen LogP contribution in [0, 0.1) is 17.3 Å². The normalized spacial score (nSPS) is 21.2. The molecule has 0 spiro atoms. The first-order valence-electron chi connectivity index (χ1n) is 10.4. The van der Waals surface area contributed by atoms with Crippen LogP contribution in [0.25, 0.3) is 0 Å². The number of carbonyl (C=O) groups is 2. The number of halogens is 4. The van der Waals surface area contributed by atoms with Crippen molar-refractivity contribution in [3.8, 4) is 6.19 Å². The molecule has 2 atom stereocenters. The van der Waals surface area contributed by atoms with Crippen LogP contribution >= 0.6 is 0 Å². The average Bonchev–Trinajstić information content (AvgIpc) is 3.41. The Balaban J connectivity index is 2.01. The van der Waals surface area contributed by atoms with E-state index in [0.717, 1.165) is 9.80 Å². The van der Waals surface area contributed by atoms with Crippen molar-refractivity contribution in [3.63, 3.8) is 0 Å². The molecule has 186 valence electrons. The molecule has 0 N–H and O–H groups in total. The van der Waals surface area contributed by atoms with Crippen LogP contribution in [0.4, 0.5) is 22.4 Å². The van der Waals surface area contributed by atoms with Gasteiger partial charge in [-0.1, -0.05) is 0 Å². The summed E-state index contributed by atoms with van der Waals surface area (Å²) in [5.41, 5.74) is -2.68. The zero-order valence-corrected chi connectivity index (χ0v) is 19.4. The lowest BCUT2D eigenvalue weighted by molar-refractivity contribution is -0.140. The first kappa shape index (κ1) is 25.7. The van der Waals surface area contributed by atoms with Gasteiger partial charge in [-0.3, -0.25) is 9.69 Å². The fourth-order valence-electron chi connectivity index (χ4n) is 3.73. The lowest BCUT2D eigenvalue weighted by Gasteiger charge is -2.29. The number of nitriles is 1. The van der Waals surface area contributed by atoms with Crippen LogP contribution in [-0.4, -0.2) is 59.7 Å². The van der Waals surface area contributed by atoms with Crippen molar-refractivity contribution in [1.82, 2.24) is 9.80 Å². The Hall–Kier alpha value is -2.88. The summed E-state index contributed by atoms with van der Waals surface area (Å²) in [6.07, 6.45) is -3.88. The fourth-order valence-corrected chi connectivity index (χ4v) is 5.62. The van der Waals surface area contributed by atoms with Gasteiger partial charge in [0.25, 0.3) is 5.91 Å². The van der Waals surface area contributed by atoms with Crippen LogP contribution in [0.2, 0.25) is 0 Å². The van der Waals surface area contributed by atoms with E-state index in [0.29, 0.717) is 25.0 Å². The smallest absolute Gasteiger partial charge is 0.417 e. The quantitative estimate of drug-likeness (QED) is 0.268. The van der Waals surface area contributed by atoms with Crippen LogP contribution < -0.4 is 0 Å². The van der Waals surface area contributed by atoms with Crippen molar-refractivity contribution in [2.24, 2.45) is 0 Å². The predicted octanol–water partition coefficient (Wildman–Crippen LogP) is 3.47. The highest BCUT2D eigenvalue weighted by molar-refractivity contribution is 7.92. The summed E-state index contributed by atoms with van der Waals surface area (Å²) in [7, 11) is -4.77. The Labute approximate surface area is 194 Å². The number of likely N-dealkylation sites (tertiary alicyclic amines) is 1. The number of amides is 2. The number of alkyl halides is 3. The van der Waals surface area contributed by atoms with Crippen molar-refractivity contribution >= 4 is 21.8 Å². The molecule has 1 saturated carbocycles. The van der Waals surface area contributed by atoms with E-state index in [9.17, 15) is 40.8 Å². The third-order valence-electron chi connectivity index (χ3n) is 5.43. The highest BCUT2D eigenvalue weighted by Crippen LogP contribution is 2.39. The molecule has 0 bridgehead atoms. The first-order chi connectivity index (χ1) is 15.6. The van der Waals surface area contributed by atoms with Crippen LogP contribution in [-0.2, 0) is 25.5 Å². The molecular weight excluding hydrogens is 482 g/mol. The number of sulfone groups is 1. The molecule has 1 aliphatic carbocycles. The Morgan fingerprint density at radius 2 is 1.82 bits per heavy atom. The van der Waals surface area contributed by atoms with Gasteiger partial charge in [0.15, 0.2) is 16.0 Å². The Morgan fingerprint density at radius 3 is 2.32 bits per heavy atom. The summed E-state index contributed by atoms with van der Waals surface area (Å²) in [4.78, 5) is 26.4. The van der Waals surface area contributed by atoms with Crippen LogP contribution in [0.1, 0.15) is 45.6 Å². The molecule has 1 aromatic carbocycles. The topological polar surface area (TPSA) is 108 Å². The molecule has 8 nitrogen and oxygen atoms in total. The van der Waals surface area contributed by atoms with E-state index in [2.05, 4.69) is 0 Å². The van der Waals surface area contributed by atoms with Gasteiger partial charge < -0.3 is 4.74 Å². The molecule has 1 aliphatic heterocycles. The van der Waals surface area contributed by atoms with Crippen molar-refractivity contribution < 1.29 is 40.3 Å². The van der Waals surface area contributed by atoms with E-state index in [4.69, 9.17) is 4.74 Å². The van der Waals surface area contributed by atoms with Gasteiger partial charge in [0.2, 0.25) is 0 Å². The van der Waals surface area contributed by atoms with Gasteiger partial charge in [0, 0.05) is 12.6 Å².